The van der Waals surface area contributed by atoms with Gasteiger partial charge in [0.1, 0.15) is 5.75 Å². The quantitative estimate of drug-likeness (QED) is 0.618. The van der Waals surface area contributed by atoms with Crippen molar-refractivity contribution in [1.82, 2.24) is 9.97 Å². The van der Waals surface area contributed by atoms with E-state index in [-0.39, 0.29) is 5.88 Å². The average molecular weight is 266 g/mol. The maximum Gasteiger partial charge on any atom is 0.332 e. The van der Waals surface area contributed by atoms with E-state index in [1.807, 2.05) is 6.07 Å². The molecule has 0 amide bonds. The first kappa shape index (κ1) is 12.5. The molecule has 1 aromatic heterocycles. The van der Waals surface area contributed by atoms with Crippen molar-refractivity contribution in [3.63, 3.8) is 0 Å². The Labute approximate surface area is 104 Å². The van der Waals surface area contributed by atoms with Crippen molar-refractivity contribution in [3.05, 3.63) is 42.6 Å². The van der Waals surface area contributed by atoms with E-state index in [4.69, 9.17) is 4.74 Å². The van der Waals surface area contributed by atoms with Crippen molar-refractivity contribution in [1.29, 1.82) is 0 Å². The molecule has 0 N–H and O–H groups in total. The van der Waals surface area contributed by atoms with E-state index in [9.17, 15) is 8.42 Å². The van der Waals surface area contributed by atoms with Crippen molar-refractivity contribution in [3.8, 4) is 11.6 Å². The second-order valence-corrected chi connectivity index (χ2v) is 4.82. The maximum atomic E-state index is 11.4. The van der Waals surface area contributed by atoms with Crippen LogP contribution in [0.25, 0.3) is 0 Å². The third-order valence-electron chi connectivity index (χ3n) is 2.02. The van der Waals surface area contributed by atoms with Crippen LogP contribution in [0.3, 0.4) is 0 Å². The molecule has 1 aromatic carbocycles. The second kappa shape index (κ2) is 5.11. The molecule has 0 aliphatic heterocycles. The first-order valence-electron chi connectivity index (χ1n) is 4.98. The lowest BCUT2D eigenvalue weighted by molar-refractivity contribution is 0.387. The molecule has 0 aliphatic rings. The van der Waals surface area contributed by atoms with Crippen LogP contribution in [0.1, 0.15) is 0 Å². The van der Waals surface area contributed by atoms with Gasteiger partial charge in [-0.05, 0) is 12.1 Å². The van der Waals surface area contributed by atoms with Gasteiger partial charge in [0, 0.05) is 12.3 Å². The monoisotopic (exact) mass is 266 g/mol. The molecule has 0 saturated heterocycles. The van der Waals surface area contributed by atoms with Gasteiger partial charge < -0.3 is 4.74 Å². The SMILES string of the molecule is COS(=O)(=O)c1nccc(Oc2ccccc2)n1. The zero-order chi connectivity index (χ0) is 13.0. The maximum absolute atomic E-state index is 11.4. The highest BCUT2D eigenvalue weighted by atomic mass is 32.2. The Kier molecular flexibility index (Phi) is 3.54. The molecule has 0 aliphatic carbocycles. The molecule has 7 heteroatoms. The number of aromatic nitrogens is 2. The van der Waals surface area contributed by atoms with Gasteiger partial charge in [-0.15, -0.1) is 0 Å². The molecular weight excluding hydrogens is 256 g/mol. The molecule has 0 bridgehead atoms. The number of rotatable bonds is 4. The number of para-hydroxylation sites is 1. The van der Waals surface area contributed by atoms with Crippen LogP contribution in [0.5, 0.6) is 11.6 Å². The van der Waals surface area contributed by atoms with Gasteiger partial charge in [0.15, 0.2) is 0 Å². The lowest BCUT2D eigenvalue weighted by atomic mass is 10.3. The van der Waals surface area contributed by atoms with Crippen LogP contribution < -0.4 is 4.74 Å². The van der Waals surface area contributed by atoms with Crippen molar-refractivity contribution in [2.24, 2.45) is 0 Å². The lowest BCUT2D eigenvalue weighted by Gasteiger charge is -2.05. The summed E-state index contributed by atoms with van der Waals surface area (Å²) in [5, 5.41) is -0.432. The second-order valence-electron chi connectivity index (χ2n) is 3.21. The number of hydrogen-bond acceptors (Lipinski definition) is 6. The molecule has 0 spiro atoms. The summed E-state index contributed by atoms with van der Waals surface area (Å²) in [4.78, 5) is 7.38. The highest BCUT2D eigenvalue weighted by molar-refractivity contribution is 7.86. The smallest absolute Gasteiger partial charge is 0.332 e. The summed E-state index contributed by atoms with van der Waals surface area (Å²) < 4.78 is 32.5. The van der Waals surface area contributed by atoms with Crippen LogP contribution in [0.15, 0.2) is 47.8 Å². The number of nitrogens with zero attached hydrogens (tertiary/aromatic N) is 2. The Bertz CT molecular complexity index is 629. The number of benzene rings is 1. The molecule has 0 fully saturated rings. The van der Waals surface area contributed by atoms with Gasteiger partial charge in [0.25, 0.3) is 5.16 Å². The summed E-state index contributed by atoms with van der Waals surface area (Å²) in [6.45, 7) is 0. The summed E-state index contributed by atoms with van der Waals surface area (Å²) in [5.74, 6) is 0.684. The predicted molar refractivity (Wildman–Crippen MR) is 62.7 cm³/mol. The third-order valence-corrected chi connectivity index (χ3v) is 3.10. The van der Waals surface area contributed by atoms with E-state index in [1.165, 1.54) is 12.3 Å². The minimum atomic E-state index is -3.92. The summed E-state index contributed by atoms with van der Waals surface area (Å²) in [5.41, 5.74) is 0. The molecule has 18 heavy (non-hydrogen) atoms. The normalized spacial score (nSPS) is 11.2. The Morgan fingerprint density at radius 3 is 2.50 bits per heavy atom. The van der Waals surface area contributed by atoms with Gasteiger partial charge in [-0.25, -0.2) is 4.98 Å². The van der Waals surface area contributed by atoms with Crippen LogP contribution in [0, 0.1) is 0 Å². The van der Waals surface area contributed by atoms with Crippen LogP contribution >= 0.6 is 0 Å². The van der Waals surface area contributed by atoms with Gasteiger partial charge in [0.2, 0.25) is 5.88 Å². The van der Waals surface area contributed by atoms with Gasteiger partial charge >= 0.3 is 10.1 Å². The molecule has 2 aromatic rings. The Balaban J connectivity index is 2.29. The van der Waals surface area contributed by atoms with Crippen molar-refractivity contribution >= 4 is 10.1 Å². The molecule has 0 saturated carbocycles. The topological polar surface area (TPSA) is 78.4 Å². The predicted octanol–water partition coefficient (Wildman–Crippen LogP) is 1.60. The zero-order valence-corrected chi connectivity index (χ0v) is 10.3. The number of ether oxygens (including phenoxy) is 1. The highest BCUT2D eigenvalue weighted by Crippen LogP contribution is 2.19. The zero-order valence-electron chi connectivity index (χ0n) is 9.48. The van der Waals surface area contributed by atoms with E-state index >= 15 is 0 Å². The van der Waals surface area contributed by atoms with E-state index in [0.29, 0.717) is 5.75 Å². The first-order valence-corrected chi connectivity index (χ1v) is 6.39. The van der Waals surface area contributed by atoms with Crippen LogP contribution in [-0.2, 0) is 14.3 Å². The van der Waals surface area contributed by atoms with E-state index in [2.05, 4.69) is 14.2 Å². The molecule has 2 rings (SSSR count). The Morgan fingerprint density at radius 1 is 1.11 bits per heavy atom. The van der Waals surface area contributed by atoms with Gasteiger partial charge in [-0.2, -0.15) is 13.4 Å². The van der Waals surface area contributed by atoms with Crippen molar-refractivity contribution in [2.45, 2.75) is 5.16 Å². The lowest BCUT2D eigenvalue weighted by Crippen LogP contribution is -2.08. The van der Waals surface area contributed by atoms with E-state index < -0.39 is 15.3 Å². The minimum Gasteiger partial charge on any atom is -0.439 e. The largest absolute Gasteiger partial charge is 0.439 e. The Hall–Kier alpha value is -1.99. The fraction of sp³-hybridized carbons (Fsp3) is 0.0909. The summed E-state index contributed by atoms with van der Waals surface area (Å²) in [6, 6.07) is 10.3. The molecule has 1 heterocycles. The van der Waals surface area contributed by atoms with Crippen LogP contribution in [0.2, 0.25) is 0 Å². The third kappa shape index (κ3) is 2.82. The minimum absolute atomic E-state index is 0.131. The van der Waals surface area contributed by atoms with Gasteiger partial charge in [0.05, 0.1) is 7.11 Å². The number of hydrogen-bond donors (Lipinski definition) is 0. The van der Waals surface area contributed by atoms with Gasteiger partial charge in [-0.3, -0.25) is 4.18 Å². The van der Waals surface area contributed by atoms with E-state index in [0.717, 1.165) is 7.11 Å². The fourth-order valence-corrected chi connectivity index (χ4v) is 1.73. The summed E-state index contributed by atoms with van der Waals surface area (Å²) in [7, 11) is -2.87. The fourth-order valence-electron chi connectivity index (χ4n) is 1.19. The first-order chi connectivity index (χ1) is 8.62. The highest BCUT2D eigenvalue weighted by Gasteiger charge is 2.17. The van der Waals surface area contributed by atoms with Crippen molar-refractivity contribution in [2.75, 3.05) is 7.11 Å². The van der Waals surface area contributed by atoms with Gasteiger partial charge in [-0.1, -0.05) is 18.2 Å². The molecule has 0 unspecified atom stereocenters. The average Bonchev–Trinajstić information content (AvgIpc) is 2.40. The summed E-state index contributed by atoms with van der Waals surface area (Å²) >= 11 is 0. The molecule has 6 nitrogen and oxygen atoms in total. The van der Waals surface area contributed by atoms with E-state index in [1.54, 1.807) is 24.3 Å². The molecular formula is C11H10N2O4S. The standard InChI is InChI=1S/C11H10N2O4S/c1-16-18(14,15)11-12-8-7-10(13-11)17-9-5-3-2-4-6-9/h2-8H,1H3. The molecule has 0 radical (unpaired) electrons. The molecule has 94 valence electrons. The van der Waals surface area contributed by atoms with Crippen LogP contribution in [-0.4, -0.2) is 25.5 Å². The van der Waals surface area contributed by atoms with Crippen LogP contribution in [0.4, 0.5) is 0 Å². The molecule has 0 atom stereocenters. The summed E-state index contributed by atoms with van der Waals surface area (Å²) in [6.07, 6.45) is 1.29. The Morgan fingerprint density at radius 2 is 1.83 bits per heavy atom. The van der Waals surface area contributed by atoms with Crippen molar-refractivity contribution < 1.29 is 17.3 Å².